The van der Waals surface area contributed by atoms with Crippen LogP contribution in [0.15, 0.2) is 60.0 Å². The lowest BCUT2D eigenvalue weighted by Gasteiger charge is -2.10. The Balaban J connectivity index is 1.71. The van der Waals surface area contributed by atoms with Crippen LogP contribution in [0.3, 0.4) is 0 Å². The van der Waals surface area contributed by atoms with Gasteiger partial charge in [0.15, 0.2) is 6.61 Å². The monoisotopic (exact) mass is 449 g/mol. The summed E-state index contributed by atoms with van der Waals surface area (Å²) in [6.45, 7) is -0.506. The first kappa shape index (κ1) is 21.0. The highest BCUT2D eigenvalue weighted by Gasteiger charge is 2.17. The maximum Gasteiger partial charge on any atom is 0.340 e. The molecule has 1 amide bonds. The number of halogens is 3. The van der Waals surface area contributed by atoms with Gasteiger partial charge >= 0.3 is 5.97 Å². The van der Waals surface area contributed by atoms with Gasteiger partial charge in [0.05, 0.1) is 16.3 Å². The normalized spacial score (nSPS) is 11.2. The van der Waals surface area contributed by atoms with Crippen molar-refractivity contribution in [2.75, 3.05) is 11.9 Å². The van der Waals surface area contributed by atoms with E-state index in [-0.39, 0.29) is 11.4 Å². The van der Waals surface area contributed by atoms with Crippen molar-refractivity contribution in [3.63, 3.8) is 0 Å². The summed E-state index contributed by atoms with van der Waals surface area (Å²) in [4.78, 5) is 25.4. The van der Waals surface area contributed by atoms with E-state index in [1.54, 1.807) is 42.5 Å². The van der Waals surface area contributed by atoms with E-state index in [0.717, 1.165) is 0 Å². The zero-order chi connectivity index (χ0) is 20.8. The van der Waals surface area contributed by atoms with Gasteiger partial charge in [0.1, 0.15) is 5.82 Å². The molecule has 3 aromatic rings. The van der Waals surface area contributed by atoms with Crippen LogP contribution < -0.4 is 5.32 Å². The number of nitrogens with one attached hydrogen (secondary N) is 1. The van der Waals surface area contributed by atoms with Crippen molar-refractivity contribution in [3.8, 4) is 0 Å². The number of hydrogen-bond acceptors (Lipinski definition) is 4. The molecule has 0 bridgehead atoms. The Morgan fingerprint density at radius 1 is 1.10 bits per heavy atom. The average molecular weight is 450 g/mol. The van der Waals surface area contributed by atoms with Crippen LogP contribution >= 0.6 is 34.5 Å². The molecule has 3 rings (SSSR count). The Morgan fingerprint density at radius 2 is 1.86 bits per heavy atom. The highest BCUT2D eigenvalue weighted by atomic mass is 35.5. The molecule has 0 unspecified atom stereocenters. The highest BCUT2D eigenvalue weighted by molar-refractivity contribution is 7.11. The number of ether oxygens (including phenoxy) is 1. The molecule has 0 spiro atoms. The van der Waals surface area contributed by atoms with Crippen LogP contribution in [0.5, 0.6) is 0 Å². The Labute approximate surface area is 180 Å². The quantitative estimate of drug-likeness (QED) is 0.375. The van der Waals surface area contributed by atoms with E-state index in [0.29, 0.717) is 26.2 Å². The minimum absolute atomic E-state index is 0.264. The summed E-state index contributed by atoms with van der Waals surface area (Å²) in [5.74, 6) is -1.61. The van der Waals surface area contributed by atoms with Gasteiger partial charge in [-0.25, -0.2) is 9.18 Å². The van der Waals surface area contributed by atoms with Crippen LogP contribution in [0, 0.1) is 5.82 Å². The molecule has 2 aromatic carbocycles. The minimum atomic E-state index is -0.677. The van der Waals surface area contributed by atoms with Crippen molar-refractivity contribution in [1.82, 2.24) is 0 Å². The fraction of sp³-hybridized carbons (Fsp3) is 0.0476. The molecule has 29 heavy (non-hydrogen) atoms. The number of hydrogen-bond donors (Lipinski definition) is 1. The summed E-state index contributed by atoms with van der Waals surface area (Å²) in [7, 11) is 0. The van der Waals surface area contributed by atoms with Crippen molar-refractivity contribution in [2.45, 2.75) is 0 Å². The predicted octanol–water partition coefficient (Wildman–Crippen LogP) is 5.92. The van der Waals surface area contributed by atoms with E-state index in [1.165, 1.54) is 29.5 Å². The van der Waals surface area contributed by atoms with Crippen LogP contribution in [0.25, 0.3) is 11.6 Å². The number of carbonyl (C=O) groups excluding carboxylic acids is 2. The average Bonchev–Trinajstić information content (AvgIpc) is 3.23. The van der Waals surface area contributed by atoms with Gasteiger partial charge in [-0.2, -0.15) is 0 Å². The molecule has 0 aliphatic heterocycles. The Morgan fingerprint density at radius 3 is 2.55 bits per heavy atom. The van der Waals surface area contributed by atoms with Crippen LogP contribution in [-0.2, 0) is 14.3 Å². The molecule has 1 N–H and O–H groups in total. The number of rotatable bonds is 6. The molecule has 1 heterocycles. The van der Waals surface area contributed by atoms with Crippen molar-refractivity contribution >= 4 is 63.8 Å². The van der Waals surface area contributed by atoms with Crippen LogP contribution in [0.2, 0.25) is 10.0 Å². The predicted molar refractivity (Wildman–Crippen MR) is 115 cm³/mol. The molecular formula is C21H14Cl2FNO3S. The first-order valence-electron chi connectivity index (χ1n) is 8.35. The number of thiophene rings is 1. The van der Waals surface area contributed by atoms with Crippen molar-refractivity contribution in [1.29, 1.82) is 0 Å². The molecule has 0 atom stereocenters. The number of benzene rings is 2. The first-order valence-corrected chi connectivity index (χ1v) is 9.99. The van der Waals surface area contributed by atoms with Crippen LogP contribution in [-0.4, -0.2) is 18.5 Å². The largest absolute Gasteiger partial charge is 0.452 e. The second-order valence-electron chi connectivity index (χ2n) is 5.84. The molecule has 0 fully saturated rings. The van der Waals surface area contributed by atoms with Gasteiger partial charge in [0.25, 0.3) is 5.91 Å². The SMILES string of the molecule is O=C(COC(=O)/C(=C/c1ccc(F)cc1)c1cccs1)Nc1cc(Cl)ccc1Cl. The van der Waals surface area contributed by atoms with Crippen LogP contribution in [0.1, 0.15) is 10.4 Å². The zero-order valence-corrected chi connectivity index (χ0v) is 17.2. The van der Waals surface area contributed by atoms with Crippen molar-refractivity contribution < 1.29 is 18.7 Å². The Kier molecular flexibility index (Phi) is 7.04. The number of anilines is 1. The third-order valence-electron chi connectivity index (χ3n) is 3.72. The lowest BCUT2D eigenvalue weighted by molar-refractivity contribution is -0.141. The molecule has 0 aliphatic carbocycles. The van der Waals surface area contributed by atoms with Gasteiger partial charge in [-0.05, 0) is 53.4 Å². The number of carbonyl (C=O) groups is 2. The molecular weight excluding hydrogens is 436 g/mol. The summed E-state index contributed by atoms with van der Waals surface area (Å²) in [6.07, 6.45) is 1.58. The molecule has 1 aromatic heterocycles. The summed E-state index contributed by atoms with van der Waals surface area (Å²) in [6, 6.07) is 13.9. The second-order valence-corrected chi connectivity index (χ2v) is 7.63. The molecule has 8 heteroatoms. The summed E-state index contributed by atoms with van der Waals surface area (Å²) in [5.41, 5.74) is 1.21. The van der Waals surface area contributed by atoms with Gasteiger partial charge in [0, 0.05) is 9.90 Å². The van der Waals surface area contributed by atoms with Crippen molar-refractivity contribution in [2.24, 2.45) is 0 Å². The van der Waals surface area contributed by atoms with Gasteiger partial charge in [-0.15, -0.1) is 11.3 Å². The van der Waals surface area contributed by atoms with Crippen LogP contribution in [0.4, 0.5) is 10.1 Å². The zero-order valence-electron chi connectivity index (χ0n) is 14.8. The molecule has 0 radical (unpaired) electrons. The standard InChI is InChI=1S/C21H14Cl2FNO3S/c22-14-5-8-17(23)18(11-14)25-20(26)12-28-21(27)16(19-2-1-9-29-19)10-13-3-6-15(24)7-4-13/h1-11H,12H2,(H,25,26)/b16-10+. The summed E-state index contributed by atoms with van der Waals surface area (Å²) < 4.78 is 18.3. The van der Waals surface area contributed by atoms with E-state index in [1.807, 2.05) is 5.38 Å². The Hall–Kier alpha value is -2.67. The first-order chi connectivity index (χ1) is 13.9. The maximum atomic E-state index is 13.1. The summed E-state index contributed by atoms with van der Waals surface area (Å²) >= 11 is 13.2. The molecule has 148 valence electrons. The third kappa shape index (κ3) is 5.90. The molecule has 0 aliphatic rings. The number of amides is 1. The second kappa shape index (κ2) is 9.69. The van der Waals surface area contributed by atoms with Gasteiger partial charge in [0.2, 0.25) is 0 Å². The molecule has 0 saturated heterocycles. The number of esters is 1. The Bertz CT molecular complexity index is 1050. The van der Waals surface area contributed by atoms with E-state index >= 15 is 0 Å². The maximum absolute atomic E-state index is 13.1. The molecule has 4 nitrogen and oxygen atoms in total. The lowest BCUT2D eigenvalue weighted by atomic mass is 10.1. The molecule has 0 saturated carbocycles. The van der Waals surface area contributed by atoms with E-state index < -0.39 is 18.5 Å². The minimum Gasteiger partial charge on any atom is -0.452 e. The third-order valence-corrected chi connectivity index (χ3v) is 5.19. The van der Waals surface area contributed by atoms with E-state index in [2.05, 4.69) is 5.32 Å². The smallest absolute Gasteiger partial charge is 0.340 e. The van der Waals surface area contributed by atoms with Gasteiger partial charge in [-0.1, -0.05) is 41.4 Å². The summed E-state index contributed by atoms with van der Waals surface area (Å²) in [5, 5.41) is 5.08. The topological polar surface area (TPSA) is 55.4 Å². The highest BCUT2D eigenvalue weighted by Crippen LogP contribution is 2.26. The van der Waals surface area contributed by atoms with Gasteiger partial charge in [-0.3, -0.25) is 4.79 Å². The fourth-order valence-corrected chi connectivity index (χ4v) is 3.44. The van der Waals surface area contributed by atoms with E-state index in [9.17, 15) is 14.0 Å². The fourth-order valence-electron chi connectivity index (χ4n) is 2.38. The van der Waals surface area contributed by atoms with Crippen molar-refractivity contribution in [3.05, 3.63) is 86.3 Å². The lowest BCUT2D eigenvalue weighted by Crippen LogP contribution is -2.21. The van der Waals surface area contributed by atoms with Gasteiger partial charge < -0.3 is 10.1 Å². The van der Waals surface area contributed by atoms with E-state index in [4.69, 9.17) is 27.9 Å².